The van der Waals surface area contributed by atoms with Gasteiger partial charge in [-0.25, -0.2) is 0 Å². The third kappa shape index (κ3) is 6.32. The van der Waals surface area contributed by atoms with E-state index in [0.29, 0.717) is 16.5 Å². The number of likely N-dealkylation sites (N-methyl/N-ethyl adjacent to an activating group) is 1. The third-order valence-electron chi connectivity index (χ3n) is 4.92. The molecule has 30 heavy (non-hydrogen) atoms. The lowest BCUT2D eigenvalue weighted by molar-refractivity contribution is -0.885. The number of carbonyl (C=O) groups excluding carboxylic acids is 2. The van der Waals surface area contributed by atoms with Crippen molar-refractivity contribution in [3.05, 3.63) is 59.7 Å². The smallest absolute Gasteiger partial charge is 0.321 e. The van der Waals surface area contributed by atoms with Crippen LogP contribution in [0.3, 0.4) is 0 Å². The van der Waals surface area contributed by atoms with E-state index in [0.717, 1.165) is 11.6 Å². The highest BCUT2D eigenvalue weighted by atomic mass is 19.4. The van der Waals surface area contributed by atoms with Crippen LogP contribution in [0, 0.1) is 0 Å². The summed E-state index contributed by atoms with van der Waals surface area (Å²) in [4.78, 5) is 25.3. The minimum Gasteiger partial charge on any atom is -0.321 e. The largest absolute Gasteiger partial charge is 0.418 e. The topological polar surface area (TPSA) is 62.6 Å². The van der Waals surface area contributed by atoms with Gasteiger partial charge in [0.1, 0.15) is 0 Å². The Bertz CT molecular complexity index is 880. The number of para-hydroxylation sites is 1. The quantitative estimate of drug-likeness (QED) is 0.641. The number of alkyl halides is 3. The Morgan fingerprint density at radius 1 is 0.967 bits per heavy atom. The average Bonchev–Trinajstić information content (AvgIpc) is 2.67. The highest BCUT2D eigenvalue weighted by Crippen LogP contribution is 2.34. The van der Waals surface area contributed by atoms with Crippen LogP contribution in [0.4, 0.5) is 24.5 Å². The fourth-order valence-corrected chi connectivity index (χ4v) is 2.87. The first kappa shape index (κ1) is 23.4. The first-order chi connectivity index (χ1) is 14.0. The molecule has 8 heteroatoms. The number of hydrogen-bond donors (Lipinski definition) is 3. The second-order valence-corrected chi connectivity index (χ2v) is 7.60. The van der Waals surface area contributed by atoms with Gasteiger partial charge in [0.25, 0.3) is 11.8 Å². The number of hydrogen-bond acceptors (Lipinski definition) is 2. The van der Waals surface area contributed by atoms with E-state index in [4.69, 9.17) is 0 Å². The van der Waals surface area contributed by atoms with Gasteiger partial charge in [-0.2, -0.15) is 13.2 Å². The summed E-state index contributed by atoms with van der Waals surface area (Å²) in [5.41, 5.74) is 0.587. The van der Waals surface area contributed by atoms with Crippen LogP contribution >= 0.6 is 0 Å². The van der Waals surface area contributed by atoms with Gasteiger partial charge in [0.2, 0.25) is 0 Å². The molecule has 0 aromatic heterocycles. The zero-order valence-corrected chi connectivity index (χ0v) is 17.4. The molecule has 2 atom stereocenters. The lowest BCUT2D eigenvalue weighted by Crippen LogP contribution is -3.14. The van der Waals surface area contributed by atoms with Gasteiger partial charge in [-0.05, 0) is 42.7 Å². The van der Waals surface area contributed by atoms with E-state index in [1.165, 1.54) is 18.2 Å². The SMILES string of the molecule is CC(C)c1ccc(NC(=O)[C@H](C)[NH+](C)CC(=O)Nc2ccccc2C(F)(F)F)cc1. The molecule has 0 bridgehead atoms. The Hall–Kier alpha value is -2.87. The molecule has 3 N–H and O–H groups in total. The molecule has 0 fully saturated rings. The van der Waals surface area contributed by atoms with Gasteiger partial charge in [-0.15, -0.1) is 0 Å². The van der Waals surface area contributed by atoms with Gasteiger partial charge in [-0.1, -0.05) is 38.1 Å². The fraction of sp³-hybridized carbons (Fsp3) is 0.364. The Morgan fingerprint density at radius 3 is 2.13 bits per heavy atom. The monoisotopic (exact) mass is 422 g/mol. The summed E-state index contributed by atoms with van der Waals surface area (Å²) in [5, 5.41) is 5.10. The van der Waals surface area contributed by atoms with Crippen LogP contribution in [-0.4, -0.2) is 31.4 Å². The molecule has 0 aliphatic rings. The van der Waals surface area contributed by atoms with E-state index >= 15 is 0 Å². The third-order valence-corrected chi connectivity index (χ3v) is 4.92. The fourth-order valence-electron chi connectivity index (χ4n) is 2.87. The van der Waals surface area contributed by atoms with Crippen molar-refractivity contribution in [3.8, 4) is 0 Å². The Balaban J connectivity index is 1.95. The number of anilines is 2. The number of rotatable bonds is 7. The van der Waals surface area contributed by atoms with Crippen LogP contribution in [-0.2, 0) is 15.8 Å². The molecule has 0 radical (unpaired) electrons. The van der Waals surface area contributed by atoms with Gasteiger partial charge in [0.15, 0.2) is 12.6 Å². The van der Waals surface area contributed by atoms with Crippen molar-refractivity contribution < 1.29 is 27.7 Å². The highest BCUT2D eigenvalue weighted by molar-refractivity contribution is 5.94. The maximum atomic E-state index is 13.1. The second-order valence-electron chi connectivity index (χ2n) is 7.60. The Kier molecular flexibility index (Phi) is 7.61. The number of halogens is 3. The van der Waals surface area contributed by atoms with Crippen molar-refractivity contribution >= 4 is 23.2 Å². The highest BCUT2D eigenvalue weighted by Gasteiger charge is 2.34. The van der Waals surface area contributed by atoms with Gasteiger partial charge in [0, 0.05) is 5.69 Å². The van der Waals surface area contributed by atoms with Crippen molar-refractivity contribution in [2.75, 3.05) is 24.2 Å². The summed E-state index contributed by atoms with van der Waals surface area (Å²) < 4.78 is 39.2. The molecule has 0 heterocycles. The summed E-state index contributed by atoms with van der Waals surface area (Å²) in [7, 11) is 1.64. The van der Waals surface area contributed by atoms with Crippen LogP contribution < -0.4 is 15.5 Å². The van der Waals surface area contributed by atoms with Crippen molar-refractivity contribution in [2.24, 2.45) is 0 Å². The van der Waals surface area contributed by atoms with Crippen molar-refractivity contribution in [2.45, 2.75) is 38.9 Å². The summed E-state index contributed by atoms with van der Waals surface area (Å²) in [6.45, 7) is 5.65. The molecule has 2 aromatic rings. The van der Waals surface area contributed by atoms with Crippen molar-refractivity contribution in [3.63, 3.8) is 0 Å². The molecule has 0 saturated carbocycles. The zero-order chi connectivity index (χ0) is 22.5. The molecule has 0 aliphatic carbocycles. The van der Waals surface area contributed by atoms with E-state index in [-0.39, 0.29) is 18.1 Å². The molecule has 0 aliphatic heterocycles. The number of quaternary nitrogens is 1. The lowest BCUT2D eigenvalue weighted by Gasteiger charge is -2.21. The standard InChI is InChI=1S/C22H26F3N3O2/c1-14(2)16-9-11-17(12-10-16)26-21(30)15(3)28(4)13-20(29)27-19-8-6-5-7-18(19)22(23,24)25/h5-12,14-15H,13H2,1-4H3,(H,26,30)(H,27,29)/p+1/t15-/m0/s1. The van der Waals surface area contributed by atoms with Gasteiger partial charge in [0.05, 0.1) is 18.3 Å². The van der Waals surface area contributed by atoms with Gasteiger partial charge >= 0.3 is 6.18 Å². The minimum absolute atomic E-state index is 0.160. The molecule has 0 saturated heterocycles. The van der Waals surface area contributed by atoms with Gasteiger partial charge in [-0.3, -0.25) is 9.59 Å². The van der Waals surface area contributed by atoms with Crippen molar-refractivity contribution in [1.82, 2.24) is 0 Å². The van der Waals surface area contributed by atoms with E-state index in [9.17, 15) is 22.8 Å². The average molecular weight is 422 g/mol. The Labute approximate surface area is 174 Å². The molecule has 2 aromatic carbocycles. The maximum Gasteiger partial charge on any atom is 0.418 e. The van der Waals surface area contributed by atoms with Crippen LogP contribution in [0.2, 0.25) is 0 Å². The van der Waals surface area contributed by atoms with Gasteiger partial charge < -0.3 is 15.5 Å². The number of carbonyl (C=O) groups is 2. The Morgan fingerprint density at radius 2 is 1.57 bits per heavy atom. The molecular weight excluding hydrogens is 395 g/mol. The molecule has 0 spiro atoms. The number of amides is 2. The predicted octanol–water partition coefficient (Wildman–Crippen LogP) is 3.31. The normalized spacial score (nSPS) is 13.6. The van der Waals surface area contributed by atoms with Crippen LogP contribution in [0.25, 0.3) is 0 Å². The van der Waals surface area contributed by atoms with E-state index in [2.05, 4.69) is 24.5 Å². The molecular formula is C22H27F3N3O2+. The first-order valence-corrected chi connectivity index (χ1v) is 9.68. The summed E-state index contributed by atoms with van der Waals surface area (Å²) in [6.07, 6.45) is -4.57. The summed E-state index contributed by atoms with van der Waals surface area (Å²) in [5.74, 6) is -0.510. The number of benzene rings is 2. The minimum atomic E-state index is -4.57. The molecule has 2 amide bonds. The van der Waals surface area contributed by atoms with Crippen LogP contribution in [0.15, 0.2) is 48.5 Å². The van der Waals surface area contributed by atoms with E-state index in [1.807, 2.05) is 24.3 Å². The number of nitrogens with one attached hydrogen (secondary N) is 3. The van der Waals surface area contributed by atoms with Crippen LogP contribution in [0.5, 0.6) is 0 Å². The second kappa shape index (κ2) is 9.75. The van der Waals surface area contributed by atoms with E-state index in [1.54, 1.807) is 14.0 Å². The van der Waals surface area contributed by atoms with Crippen molar-refractivity contribution in [1.29, 1.82) is 0 Å². The molecule has 1 unspecified atom stereocenters. The summed E-state index contributed by atoms with van der Waals surface area (Å²) in [6, 6.07) is 11.7. The van der Waals surface area contributed by atoms with E-state index < -0.39 is 23.7 Å². The zero-order valence-electron chi connectivity index (χ0n) is 17.4. The summed E-state index contributed by atoms with van der Waals surface area (Å²) >= 11 is 0. The molecule has 162 valence electrons. The maximum absolute atomic E-state index is 13.1. The van der Waals surface area contributed by atoms with Crippen LogP contribution in [0.1, 0.15) is 37.8 Å². The predicted molar refractivity (Wildman–Crippen MR) is 110 cm³/mol. The molecule has 2 rings (SSSR count). The molecule has 5 nitrogen and oxygen atoms in total. The first-order valence-electron chi connectivity index (χ1n) is 9.68. The lowest BCUT2D eigenvalue weighted by atomic mass is 10.0.